The molecule has 0 saturated heterocycles. The van der Waals surface area contributed by atoms with E-state index in [1.165, 1.54) is 44.2 Å². The van der Waals surface area contributed by atoms with Crippen LogP contribution >= 0.6 is 0 Å². The van der Waals surface area contributed by atoms with Crippen LogP contribution in [0.4, 0.5) is 0 Å². The highest BCUT2D eigenvalue weighted by molar-refractivity contribution is 5.94. The summed E-state index contributed by atoms with van der Waals surface area (Å²) < 4.78 is 5.26. The van der Waals surface area contributed by atoms with Gasteiger partial charge in [-0.2, -0.15) is 0 Å². The Morgan fingerprint density at radius 2 is 1.66 bits per heavy atom. The molecule has 206 valence electrons. The van der Waals surface area contributed by atoms with E-state index in [1.807, 2.05) is 12.1 Å². The van der Waals surface area contributed by atoms with Crippen molar-refractivity contribution in [3.63, 3.8) is 0 Å². The van der Waals surface area contributed by atoms with Gasteiger partial charge >= 0.3 is 0 Å². The number of imidazole rings is 2. The fourth-order valence-corrected chi connectivity index (χ4v) is 5.36. The molecule has 1 aromatic carbocycles. The number of methoxy groups -OCH3 is 1. The molecule has 0 unspecified atom stereocenters. The number of benzene rings is 1. The molecule has 1 amide bonds. The van der Waals surface area contributed by atoms with Gasteiger partial charge < -0.3 is 29.8 Å². The minimum Gasteiger partial charge on any atom is -0.385 e. The van der Waals surface area contributed by atoms with E-state index in [1.54, 1.807) is 36.8 Å². The second-order valence-corrected chi connectivity index (χ2v) is 10.2. The lowest BCUT2D eigenvalue weighted by Crippen LogP contribution is -2.43. The topological polar surface area (TPSA) is 102 Å². The van der Waals surface area contributed by atoms with Gasteiger partial charge in [-0.1, -0.05) is 19.1 Å². The third-order valence-electron chi connectivity index (χ3n) is 7.39. The van der Waals surface area contributed by atoms with Crippen LogP contribution in [0, 0.1) is 0 Å². The number of hydrogen-bond donors (Lipinski definition) is 3. The van der Waals surface area contributed by atoms with E-state index in [0.717, 1.165) is 37.8 Å². The summed E-state index contributed by atoms with van der Waals surface area (Å²) in [5.74, 6) is 1.44. The molecule has 1 aliphatic carbocycles. The first kappa shape index (κ1) is 28.0. The highest BCUT2D eigenvalue weighted by Gasteiger charge is 2.25. The van der Waals surface area contributed by atoms with Gasteiger partial charge in [0.15, 0.2) is 0 Å². The van der Waals surface area contributed by atoms with E-state index in [-0.39, 0.29) is 5.91 Å². The number of ether oxygens (including phenoxy) is 1. The lowest BCUT2D eigenvalue weighted by molar-refractivity contribution is 0.0721. The van der Waals surface area contributed by atoms with Gasteiger partial charge in [-0.05, 0) is 62.8 Å². The number of aromatic amines is 2. The fourth-order valence-electron chi connectivity index (χ4n) is 5.36. The van der Waals surface area contributed by atoms with Crippen LogP contribution in [-0.2, 0) is 24.4 Å². The van der Waals surface area contributed by atoms with Crippen LogP contribution in [0.25, 0.3) is 0 Å². The van der Waals surface area contributed by atoms with Crippen LogP contribution in [0.1, 0.15) is 73.0 Å². The molecule has 1 fully saturated rings. The molecule has 0 bridgehead atoms. The Bertz CT molecular complexity index is 1010. The van der Waals surface area contributed by atoms with Crippen molar-refractivity contribution in [3.05, 3.63) is 71.8 Å². The minimum absolute atomic E-state index is 0.0437. The molecule has 38 heavy (non-hydrogen) atoms. The lowest BCUT2D eigenvalue weighted by atomic mass is 9.89. The smallest absolute Gasteiger partial charge is 0.254 e. The van der Waals surface area contributed by atoms with Gasteiger partial charge in [-0.15, -0.1) is 0 Å². The van der Waals surface area contributed by atoms with Crippen LogP contribution in [0.3, 0.4) is 0 Å². The first-order valence-electron chi connectivity index (χ1n) is 14.0. The maximum Gasteiger partial charge on any atom is 0.254 e. The van der Waals surface area contributed by atoms with Crippen molar-refractivity contribution in [2.75, 3.05) is 26.8 Å². The lowest BCUT2D eigenvalue weighted by Gasteiger charge is -2.37. The zero-order chi connectivity index (χ0) is 26.6. The monoisotopic (exact) mass is 521 g/mol. The Labute approximate surface area is 226 Å². The molecule has 1 saturated carbocycles. The van der Waals surface area contributed by atoms with Crippen LogP contribution in [0.5, 0.6) is 0 Å². The van der Waals surface area contributed by atoms with Crippen molar-refractivity contribution in [2.45, 2.75) is 77.2 Å². The normalized spacial score (nSPS) is 17.7. The maximum atomic E-state index is 13.3. The second-order valence-electron chi connectivity index (χ2n) is 10.2. The highest BCUT2D eigenvalue weighted by Crippen LogP contribution is 2.24. The van der Waals surface area contributed by atoms with Crippen molar-refractivity contribution in [1.29, 1.82) is 0 Å². The van der Waals surface area contributed by atoms with Crippen LogP contribution in [0.2, 0.25) is 0 Å². The molecular formula is C29H43N7O2. The number of aromatic nitrogens is 4. The van der Waals surface area contributed by atoms with Crippen molar-refractivity contribution >= 4 is 5.91 Å². The number of nitrogens with zero attached hydrogens (tertiary/aromatic N) is 4. The first-order chi connectivity index (χ1) is 18.7. The number of carbonyl (C=O) groups is 1. The first-order valence-corrected chi connectivity index (χ1v) is 14.0. The summed E-state index contributed by atoms with van der Waals surface area (Å²) in [5.41, 5.74) is 1.86. The SMILES string of the molecule is CCCN(CCCOC)[C@H]1CC[C@H](NCc2ccc(C(=O)N(Cc3ncc[nH]3)Cc3ncc[nH]3)cc2)CC1. The standard InChI is InChI=1S/C29H43N7O2/c1-3-17-35(18-4-19-38-2)26-11-9-25(10-12-26)34-20-23-5-7-24(8-6-23)29(37)36(21-27-30-13-14-31-27)22-28-32-15-16-33-28/h5-8,13-16,25-26,34H,3-4,9-12,17-22H2,1-2H3,(H,30,31)(H,32,33)/t25-,26-. The zero-order valence-electron chi connectivity index (χ0n) is 22.9. The summed E-state index contributed by atoms with van der Waals surface area (Å²) in [7, 11) is 1.78. The van der Waals surface area contributed by atoms with Crippen LogP contribution in [-0.4, -0.2) is 74.5 Å². The molecular weight excluding hydrogens is 478 g/mol. The van der Waals surface area contributed by atoms with Gasteiger partial charge in [0.05, 0.1) is 13.1 Å². The Morgan fingerprint density at radius 3 is 2.21 bits per heavy atom. The summed E-state index contributed by atoms with van der Waals surface area (Å²) >= 11 is 0. The third kappa shape index (κ3) is 8.24. The summed E-state index contributed by atoms with van der Waals surface area (Å²) in [6.07, 6.45) is 14.2. The van der Waals surface area contributed by atoms with Crippen LogP contribution in [0.15, 0.2) is 49.1 Å². The van der Waals surface area contributed by atoms with E-state index in [9.17, 15) is 4.79 Å². The number of carbonyl (C=O) groups excluding carboxylic acids is 1. The van der Waals surface area contributed by atoms with Crippen molar-refractivity contribution in [2.24, 2.45) is 0 Å². The van der Waals surface area contributed by atoms with E-state index < -0.39 is 0 Å². The van der Waals surface area contributed by atoms with Crippen molar-refractivity contribution < 1.29 is 9.53 Å². The Kier molecular flexibility index (Phi) is 10.9. The molecule has 9 nitrogen and oxygen atoms in total. The van der Waals surface area contributed by atoms with E-state index in [4.69, 9.17) is 4.74 Å². The van der Waals surface area contributed by atoms with Gasteiger partial charge in [0.2, 0.25) is 0 Å². The highest BCUT2D eigenvalue weighted by atomic mass is 16.5. The number of nitrogens with one attached hydrogen (secondary N) is 3. The minimum atomic E-state index is -0.0437. The number of rotatable bonds is 15. The molecule has 4 rings (SSSR count). The molecule has 2 aromatic heterocycles. The molecule has 3 aromatic rings. The molecule has 9 heteroatoms. The molecule has 2 heterocycles. The van der Waals surface area contributed by atoms with Crippen molar-refractivity contribution in [1.82, 2.24) is 35.1 Å². The third-order valence-corrected chi connectivity index (χ3v) is 7.39. The van der Waals surface area contributed by atoms with Gasteiger partial charge in [-0.25, -0.2) is 9.97 Å². The predicted octanol–water partition coefficient (Wildman–Crippen LogP) is 4.12. The quantitative estimate of drug-likeness (QED) is 0.260. The summed E-state index contributed by atoms with van der Waals surface area (Å²) in [6, 6.07) is 9.21. The second kappa shape index (κ2) is 14.8. The van der Waals surface area contributed by atoms with E-state index >= 15 is 0 Å². The molecule has 0 aliphatic heterocycles. The largest absolute Gasteiger partial charge is 0.385 e. The Morgan fingerprint density at radius 1 is 1.00 bits per heavy atom. The molecule has 0 radical (unpaired) electrons. The van der Waals surface area contributed by atoms with E-state index in [0.29, 0.717) is 30.7 Å². The number of hydrogen-bond acceptors (Lipinski definition) is 6. The molecule has 1 aliphatic rings. The van der Waals surface area contributed by atoms with Gasteiger partial charge in [0, 0.05) is 69.2 Å². The Balaban J connectivity index is 1.26. The number of H-pyrrole nitrogens is 2. The average molecular weight is 522 g/mol. The zero-order valence-corrected chi connectivity index (χ0v) is 22.9. The summed E-state index contributed by atoms with van der Waals surface area (Å²) in [4.78, 5) is 32.5. The molecule has 0 spiro atoms. The molecule has 3 N–H and O–H groups in total. The van der Waals surface area contributed by atoms with Gasteiger partial charge in [-0.3, -0.25) is 4.79 Å². The summed E-state index contributed by atoms with van der Waals surface area (Å²) in [5, 5.41) is 3.75. The molecule has 0 atom stereocenters. The number of amides is 1. The average Bonchev–Trinajstić information content (AvgIpc) is 3.66. The summed E-state index contributed by atoms with van der Waals surface area (Å²) in [6.45, 7) is 7.02. The maximum absolute atomic E-state index is 13.3. The van der Waals surface area contributed by atoms with E-state index in [2.05, 4.69) is 49.2 Å². The fraction of sp³-hybridized carbons (Fsp3) is 0.552. The van der Waals surface area contributed by atoms with Gasteiger partial charge in [0.25, 0.3) is 5.91 Å². The Hall–Kier alpha value is -3.01. The van der Waals surface area contributed by atoms with Crippen LogP contribution < -0.4 is 5.32 Å². The van der Waals surface area contributed by atoms with Gasteiger partial charge in [0.1, 0.15) is 11.6 Å². The predicted molar refractivity (Wildman–Crippen MR) is 148 cm³/mol. The van der Waals surface area contributed by atoms with Crippen molar-refractivity contribution in [3.8, 4) is 0 Å².